The van der Waals surface area contributed by atoms with Gasteiger partial charge in [0, 0.05) is 6.61 Å². The molecule has 0 heterocycles. The number of rotatable bonds is 7. The van der Waals surface area contributed by atoms with Crippen molar-refractivity contribution in [1.29, 1.82) is 0 Å². The molecular weight excluding hydrogens is 296 g/mol. The van der Waals surface area contributed by atoms with Crippen LogP contribution in [0.2, 0.25) is 0 Å². The van der Waals surface area contributed by atoms with Gasteiger partial charge in [0.2, 0.25) is 6.10 Å². The molecule has 0 aliphatic carbocycles. The summed E-state index contributed by atoms with van der Waals surface area (Å²) < 4.78 is 4.57. The van der Waals surface area contributed by atoms with Gasteiger partial charge in [0.1, 0.15) is 5.92 Å². The Balaban J connectivity index is 0. The van der Waals surface area contributed by atoms with Gasteiger partial charge in [-0.25, -0.2) is 4.79 Å². The van der Waals surface area contributed by atoms with Gasteiger partial charge in [-0.15, -0.1) is 0 Å². The Morgan fingerprint density at radius 2 is 1.69 bits per heavy atom. The monoisotopic (exact) mass is 310 g/mol. The van der Waals surface area contributed by atoms with E-state index in [1.807, 2.05) is 0 Å². The first-order chi connectivity index (χ1) is 6.95. The van der Waals surface area contributed by atoms with Crippen LogP contribution < -0.4 is 0 Å². The molecule has 2 unspecified atom stereocenters. The molecule has 0 saturated heterocycles. The molecule has 90 valence electrons. The zero-order valence-corrected chi connectivity index (χ0v) is 8.04. The van der Waals surface area contributed by atoms with Crippen LogP contribution in [-0.4, -0.2) is 97.8 Å². The van der Waals surface area contributed by atoms with Gasteiger partial charge in [-0.3, -0.25) is 9.59 Å². The Morgan fingerprint density at radius 1 is 1.19 bits per heavy atom. The van der Waals surface area contributed by atoms with E-state index in [1.54, 1.807) is 0 Å². The molecule has 7 nitrogen and oxygen atoms in total. The van der Waals surface area contributed by atoms with E-state index in [-0.39, 0.29) is 52.1 Å². The Labute approximate surface area is 129 Å². The molecule has 0 aromatic heterocycles. The molecule has 0 aromatic rings. The van der Waals surface area contributed by atoms with Gasteiger partial charge in [0.25, 0.3) is 0 Å². The average molecular weight is 310 g/mol. The van der Waals surface area contributed by atoms with E-state index >= 15 is 0 Å². The average Bonchev–Trinajstić information content (AvgIpc) is 2.13. The van der Waals surface area contributed by atoms with E-state index in [0.717, 1.165) is 0 Å². The summed E-state index contributed by atoms with van der Waals surface area (Å²) in [4.78, 5) is 32.3. The van der Waals surface area contributed by atoms with Gasteiger partial charge in [-0.2, -0.15) is 0 Å². The van der Waals surface area contributed by atoms with E-state index in [9.17, 15) is 14.4 Å². The van der Waals surface area contributed by atoms with Crippen LogP contribution >= 0.6 is 0 Å². The number of hydrogen-bond acceptors (Lipinski definition) is 5. The molecule has 0 spiro atoms. The number of ether oxygens (including phenoxy) is 1. The van der Waals surface area contributed by atoms with Crippen LogP contribution in [0, 0.1) is 5.92 Å². The summed E-state index contributed by atoms with van der Waals surface area (Å²) in [6.45, 7) is 0.476. The molecule has 0 aromatic carbocycles. The molecule has 0 amide bonds. The summed E-state index contributed by atoms with van der Waals surface area (Å²) >= 11 is 0. The first kappa shape index (κ1) is 18.4. The predicted molar refractivity (Wildman–Crippen MR) is 54.8 cm³/mol. The van der Waals surface area contributed by atoms with Crippen molar-refractivity contribution in [2.75, 3.05) is 13.2 Å². The van der Waals surface area contributed by atoms with E-state index in [4.69, 9.17) is 15.3 Å². The summed E-state index contributed by atoms with van der Waals surface area (Å²) in [6.07, 6.45) is -1.84. The van der Waals surface area contributed by atoms with Gasteiger partial charge < -0.3 is 20.1 Å². The zero-order chi connectivity index (χ0) is 12.0. The van der Waals surface area contributed by atoms with E-state index < -0.39 is 36.4 Å². The minimum atomic E-state index is -1.84. The Hall–Kier alpha value is 0.0105. The second-order valence-electron chi connectivity index (χ2n) is 2.65. The Morgan fingerprint density at radius 3 is 1.94 bits per heavy atom. The van der Waals surface area contributed by atoms with E-state index in [2.05, 4.69) is 4.74 Å². The number of aliphatic carboxylic acids is 2. The van der Waals surface area contributed by atoms with Crippen LogP contribution in [0.15, 0.2) is 0 Å². The maximum atomic E-state index is 11.3. The number of Topliss-reactive ketones (excluding diaryl/α,β-unsaturated/α-hetero) is 1. The standard InChI is InChI=1S/C8H12O7.Sr.2H/c1-2-15-6(8(13)14)5(10)4(3-9)7(11)12;;;/h4,6,9H,2-3H2,1H3,(H,11,12)(H,13,14);;;. The fourth-order valence-electron chi connectivity index (χ4n) is 0.914. The van der Waals surface area contributed by atoms with Crippen molar-refractivity contribution in [2.45, 2.75) is 13.0 Å². The number of carboxylic acid groups (broad SMARTS) is 2. The number of carboxylic acids is 2. The molecule has 0 aliphatic heterocycles. The van der Waals surface area contributed by atoms with Crippen molar-refractivity contribution in [3.05, 3.63) is 0 Å². The molecule has 0 fully saturated rings. The molecule has 16 heavy (non-hydrogen) atoms. The predicted octanol–water partition coefficient (Wildman–Crippen LogP) is -2.18. The number of hydrogen-bond donors (Lipinski definition) is 3. The van der Waals surface area contributed by atoms with Gasteiger partial charge >= 0.3 is 57.4 Å². The van der Waals surface area contributed by atoms with Crippen LogP contribution in [0.5, 0.6) is 0 Å². The topological polar surface area (TPSA) is 121 Å². The van der Waals surface area contributed by atoms with Gasteiger partial charge in [0.05, 0.1) is 6.61 Å². The van der Waals surface area contributed by atoms with Gasteiger partial charge in [0.15, 0.2) is 5.78 Å². The fraction of sp³-hybridized carbons (Fsp3) is 0.625. The van der Waals surface area contributed by atoms with Crippen molar-refractivity contribution in [1.82, 2.24) is 0 Å². The van der Waals surface area contributed by atoms with Crippen molar-refractivity contribution in [2.24, 2.45) is 5.92 Å². The summed E-state index contributed by atoms with van der Waals surface area (Å²) in [7, 11) is 0. The normalized spacial score (nSPS) is 13.4. The summed E-state index contributed by atoms with van der Waals surface area (Å²) in [6, 6.07) is 0. The Bertz CT molecular complexity index is 265. The van der Waals surface area contributed by atoms with Gasteiger partial charge in [-0.05, 0) is 6.92 Å². The summed E-state index contributed by atoms with van der Waals surface area (Å²) in [5.74, 6) is -6.08. The summed E-state index contributed by atoms with van der Waals surface area (Å²) in [5, 5.41) is 25.7. The van der Waals surface area contributed by atoms with Crippen LogP contribution in [0.1, 0.15) is 6.92 Å². The van der Waals surface area contributed by atoms with Crippen molar-refractivity contribution in [3.8, 4) is 0 Å². The fourth-order valence-corrected chi connectivity index (χ4v) is 0.914. The van der Waals surface area contributed by atoms with Gasteiger partial charge in [-0.1, -0.05) is 0 Å². The number of ketones is 1. The van der Waals surface area contributed by atoms with Crippen LogP contribution in [0.25, 0.3) is 0 Å². The molecule has 0 saturated carbocycles. The van der Waals surface area contributed by atoms with E-state index in [1.165, 1.54) is 6.92 Å². The van der Waals surface area contributed by atoms with Crippen molar-refractivity contribution in [3.63, 3.8) is 0 Å². The number of carbonyl (C=O) groups excluding carboxylic acids is 1. The molecular formula is C8H14O7Sr. The van der Waals surface area contributed by atoms with Crippen LogP contribution in [0.3, 0.4) is 0 Å². The van der Waals surface area contributed by atoms with Crippen molar-refractivity contribution < 1.29 is 34.4 Å². The SMILES string of the molecule is CCOC(C(=O)O)C(=O)C(CO)C(=O)O.[SrH2]. The number of carbonyl (C=O) groups is 3. The third-order valence-electron chi connectivity index (χ3n) is 1.64. The second kappa shape index (κ2) is 9.08. The number of aliphatic hydroxyl groups is 1. The first-order valence-corrected chi connectivity index (χ1v) is 4.17. The van der Waals surface area contributed by atoms with E-state index in [0.29, 0.717) is 0 Å². The molecule has 0 radical (unpaired) electrons. The third kappa shape index (κ3) is 5.37. The van der Waals surface area contributed by atoms with Crippen LogP contribution in [-0.2, 0) is 19.1 Å². The van der Waals surface area contributed by atoms with Crippen molar-refractivity contribution >= 4 is 63.2 Å². The second-order valence-corrected chi connectivity index (χ2v) is 2.65. The molecule has 0 bridgehead atoms. The van der Waals surface area contributed by atoms with Crippen LogP contribution in [0.4, 0.5) is 0 Å². The Kier molecular flexibility index (Phi) is 10.4. The molecule has 0 aliphatic rings. The first-order valence-electron chi connectivity index (χ1n) is 4.17. The third-order valence-corrected chi connectivity index (χ3v) is 1.64. The molecule has 0 rings (SSSR count). The summed E-state index contributed by atoms with van der Waals surface area (Å²) in [5.41, 5.74) is 0. The molecule has 3 N–H and O–H groups in total. The molecule has 2 atom stereocenters. The quantitative estimate of drug-likeness (QED) is 0.361. The minimum absolute atomic E-state index is 0. The zero-order valence-electron chi connectivity index (χ0n) is 8.04. The maximum absolute atomic E-state index is 11.3. The molecule has 8 heteroatoms. The number of aliphatic hydroxyl groups excluding tert-OH is 1.